The number of carbonyl (C=O) groups is 1. The second kappa shape index (κ2) is 11.7. The molecule has 0 aliphatic heterocycles. The summed E-state index contributed by atoms with van der Waals surface area (Å²) in [6.07, 6.45) is 2.85. The minimum atomic E-state index is -0.460. The van der Waals surface area contributed by atoms with Crippen LogP contribution in [0.25, 0.3) is 22.2 Å². The number of likely N-dealkylation sites (N-methyl/N-ethyl adjacent to an activating group) is 1. The van der Waals surface area contributed by atoms with Gasteiger partial charge in [-0.2, -0.15) is 0 Å². The fourth-order valence-corrected chi connectivity index (χ4v) is 4.48. The van der Waals surface area contributed by atoms with Crippen LogP contribution in [-0.2, 0) is 9.47 Å². The minimum absolute atomic E-state index is 0.173. The molecule has 0 unspecified atom stereocenters. The molecule has 1 aromatic heterocycles. The van der Waals surface area contributed by atoms with E-state index in [0.717, 1.165) is 59.5 Å². The molecule has 8 nitrogen and oxygen atoms in total. The molecule has 0 radical (unpaired) electrons. The third-order valence-corrected chi connectivity index (χ3v) is 6.62. The van der Waals surface area contributed by atoms with Crippen LogP contribution in [-0.4, -0.2) is 62.1 Å². The number of ether oxygens (including phenoxy) is 3. The standard InChI is InChI=1S/C28H38N4O4/c1-19(2)36-28(33)30-21-10-8-20(9-11-21)27-26(29)24-13-12-23(35-17-15-31(3)14-16-34-4)18-25(24)32(27)22-6-5-7-22/h8-13,18-19,22H,5-7,14-17,29H2,1-4H3,(H,30,33). The van der Waals surface area contributed by atoms with E-state index in [9.17, 15) is 4.79 Å². The number of nitrogens with two attached hydrogens (primary N) is 1. The largest absolute Gasteiger partial charge is 0.492 e. The number of anilines is 2. The third kappa shape index (κ3) is 5.94. The molecule has 36 heavy (non-hydrogen) atoms. The predicted molar refractivity (Wildman–Crippen MR) is 145 cm³/mol. The van der Waals surface area contributed by atoms with Crippen molar-refractivity contribution in [3.8, 4) is 17.0 Å². The highest BCUT2D eigenvalue weighted by atomic mass is 16.6. The minimum Gasteiger partial charge on any atom is -0.492 e. The predicted octanol–water partition coefficient (Wildman–Crippen LogP) is 5.53. The zero-order valence-electron chi connectivity index (χ0n) is 21.8. The van der Waals surface area contributed by atoms with Crippen molar-refractivity contribution >= 4 is 28.4 Å². The van der Waals surface area contributed by atoms with Gasteiger partial charge in [0.1, 0.15) is 12.4 Å². The van der Waals surface area contributed by atoms with Gasteiger partial charge in [0.25, 0.3) is 0 Å². The molecule has 1 heterocycles. The Bertz CT molecular complexity index is 1170. The number of methoxy groups -OCH3 is 1. The van der Waals surface area contributed by atoms with E-state index in [1.54, 1.807) is 7.11 Å². The first-order chi connectivity index (χ1) is 17.4. The van der Waals surface area contributed by atoms with E-state index in [0.29, 0.717) is 24.9 Å². The van der Waals surface area contributed by atoms with Crippen LogP contribution in [0.3, 0.4) is 0 Å². The molecule has 4 rings (SSSR count). The van der Waals surface area contributed by atoms with Gasteiger partial charge in [-0.25, -0.2) is 4.79 Å². The lowest BCUT2D eigenvalue weighted by Crippen LogP contribution is -2.27. The molecule has 3 aromatic rings. The Morgan fingerprint density at radius 2 is 1.86 bits per heavy atom. The summed E-state index contributed by atoms with van der Waals surface area (Å²) in [5.41, 5.74) is 11.3. The molecule has 0 bridgehead atoms. The lowest BCUT2D eigenvalue weighted by atomic mass is 9.92. The monoisotopic (exact) mass is 494 g/mol. The molecule has 8 heteroatoms. The first-order valence-corrected chi connectivity index (χ1v) is 12.7. The number of amides is 1. The summed E-state index contributed by atoms with van der Waals surface area (Å²) in [5, 5.41) is 3.80. The van der Waals surface area contributed by atoms with Gasteiger partial charge in [-0.05, 0) is 64.4 Å². The second-order valence-corrected chi connectivity index (χ2v) is 9.70. The van der Waals surface area contributed by atoms with E-state index >= 15 is 0 Å². The maximum Gasteiger partial charge on any atom is 0.411 e. The van der Waals surface area contributed by atoms with Crippen molar-refractivity contribution in [3.05, 3.63) is 42.5 Å². The zero-order chi connectivity index (χ0) is 25.7. The average molecular weight is 495 g/mol. The molecule has 1 amide bonds. The topological polar surface area (TPSA) is 91.0 Å². The fourth-order valence-electron chi connectivity index (χ4n) is 4.48. The Morgan fingerprint density at radius 1 is 1.14 bits per heavy atom. The molecular weight excluding hydrogens is 456 g/mol. The van der Waals surface area contributed by atoms with E-state index in [1.807, 2.05) is 44.2 Å². The fraction of sp³-hybridized carbons (Fsp3) is 0.464. The molecule has 0 atom stereocenters. The smallest absolute Gasteiger partial charge is 0.411 e. The summed E-state index contributed by atoms with van der Waals surface area (Å²) in [4.78, 5) is 14.1. The van der Waals surface area contributed by atoms with Crippen LogP contribution in [0.1, 0.15) is 39.2 Å². The van der Waals surface area contributed by atoms with Crippen molar-refractivity contribution in [2.45, 2.75) is 45.3 Å². The number of hydrogen-bond donors (Lipinski definition) is 2. The number of fused-ring (bicyclic) bond motifs is 1. The summed E-state index contributed by atoms with van der Waals surface area (Å²) in [6.45, 7) is 6.65. The van der Waals surface area contributed by atoms with Crippen molar-refractivity contribution in [1.82, 2.24) is 9.47 Å². The maximum absolute atomic E-state index is 12.0. The van der Waals surface area contributed by atoms with Gasteiger partial charge in [-0.1, -0.05) is 12.1 Å². The van der Waals surface area contributed by atoms with Crippen molar-refractivity contribution in [2.75, 3.05) is 51.5 Å². The Labute approximate surface area is 213 Å². The van der Waals surface area contributed by atoms with Crippen LogP contribution in [0, 0.1) is 0 Å². The Kier molecular flexibility index (Phi) is 8.38. The van der Waals surface area contributed by atoms with Crippen LogP contribution < -0.4 is 15.8 Å². The lowest BCUT2D eigenvalue weighted by molar-refractivity contribution is 0.130. The van der Waals surface area contributed by atoms with Gasteiger partial charge in [-0.15, -0.1) is 0 Å². The van der Waals surface area contributed by atoms with Crippen LogP contribution >= 0.6 is 0 Å². The Morgan fingerprint density at radius 3 is 2.50 bits per heavy atom. The number of aromatic nitrogens is 1. The van der Waals surface area contributed by atoms with Gasteiger partial charge >= 0.3 is 6.09 Å². The van der Waals surface area contributed by atoms with Crippen molar-refractivity contribution in [3.63, 3.8) is 0 Å². The highest BCUT2D eigenvalue weighted by molar-refractivity contribution is 6.01. The highest BCUT2D eigenvalue weighted by Gasteiger charge is 2.27. The van der Waals surface area contributed by atoms with Crippen LogP contribution in [0.4, 0.5) is 16.2 Å². The van der Waals surface area contributed by atoms with Crippen molar-refractivity contribution in [2.24, 2.45) is 0 Å². The lowest BCUT2D eigenvalue weighted by Gasteiger charge is -2.30. The number of nitrogen functional groups attached to an aromatic ring is 1. The first kappa shape index (κ1) is 25.9. The summed E-state index contributed by atoms with van der Waals surface area (Å²) in [5.74, 6) is 0.843. The molecule has 1 aliphatic rings. The number of nitrogens with one attached hydrogen (secondary N) is 1. The summed E-state index contributed by atoms with van der Waals surface area (Å²) in [6, 6.07) is 14.3. The molecule has 3 N–H and O–H groups in total. The molecule has 1 fully saturated rings. The normalized spacial score (nSPS) is 13.8. The third-order valence-electron chi connectivity index (χ3n) is 6.62. The van der Waals surface area contributed by atoms with Gasteiger partial charge < -0.3 is 29.4 Å². The summed E-state index contributed by atoms with van der Waals surface area (Å²) < 4.78 is 18.8. The first-order valence-electron chi connectivity index (χ1n) is 12.7. The van der Waals surface area contributed by atoms with E-state index in [4.69, 9.17) is 19.9 Å². The molecule has 194 valence electrons. The molecule has 1 saturated carbocycles. The van der Waals surface area contributed by atoms with E-state index < -0.39 is 6.09 Å². The van der Waals surface area contributed by atoms with Crippen LogP contribution in [0.2, 0.25) is 0 Å². The number of hydrogen-bond acceptors (Lipinski definition) is 6. The number of rotatable bonds is 11. The van der Waals surface area contributed by atoms with E-state index in [2.05, 4.69) is 34.0 Å². The van der Waals surface area contributed by atoms with Gasteiger partial charge in [0.2, 0.25) is 0 Å². The van der Waals surface area contributed by atoms with Gasteiger partial charge in [0.05, 0.1) is 29.6 Å². The summed E-state index contributed by atoms with van der Waals surface area (Å²) in [7, 11) is 3.78. The van der Waals surface area contributed by atoms with Gasteiger partial charge in [0, 0.05) is 48.9 Å². The highest BCUT2D eigenvalue weighted by Crippen LogP contribution is 2.44. The van der Waals surface area contributed by atoms with Crippen molar-refractivity contribution < 1.29 is 19.0 Å². The SMILES string of the molecule is COCCN(C)CCOc1ccc2c(N)c(-c3ccc(NC(=O)OC(C)C)cc3)n(C3CCC3)c2c1. The maximum atomic E-state index is 12.0. The molecular formula is C28H38N4O4. The Balaban J connectivity index is 1.58. The van der Waals surface area contributed by atoms with E-state index in [-0.39, 0.29) is 6.10 Å². The van der Waals surface area contributed by atoms with Gasteiger partial charge in [0.15, 0.2) is 0 Å². The molecule has 0 spiro atoms. The number of nitrogens with zero attached hydrogens (tertiary/aromatic N) is 2. The second-order valence-electron chi connectivity index (χ2n) is 9.70. The zero-order valence-corrected chi connectivity index (χ0v) is 21.8. The molecule has 0 saturated heterocycles. The average Bonchev–Trinajstić information content (AvgIpc) is 3.08. The molecule has 1 aliphatic carbocycles. The van der Waals surface area contributed by atoms with Gasteiger partial charge in [-0.3, -0.25) is 5.32 Å². The quantitative estimate of drug-likeness (QED) is 0.364. The van der Waals surface area contributed by atoms with E-state index in [1.165, 1.54) is 6.42 Å². The summed E-state index contributed by atoms with van der Waals surface area (Å²) >= 11 is 0. The van der Waals surface area contributed by atoms with Crippen molar-refractivity contribution in [1.29, 1.82) is 0 Å². The Hall–Kier alpha value is -3.23. The molecule has 2 aromatic carbocycles. The van der Waals surface area contributed by atoms with Crippen LogP contribution in [0.5, 0.6) is 5.75 Å². The van der Waals surface area contributed by atoms with Crippen LogP contribution in [0.15, 0.2) is 42.5 Å². The number of carbonyl (C=O) groups excluding carboxylic acids is 1. The number of benzene rings is 2.